The summed E-state index contributed by atoms with van der Waals surface area (Å²) in [6.07, 6.45) is 3.94. The molecule has 0 bridgehead atoms. The first kappa shape index (κ1) is 19.9. The van der Waals surface area contributed by atoms with Crippen LogP contribution in [0.4, 0.5) is 0 Å². The Morgan fingerprint density at radius 3 is 2.50 bits per heavy atom. The minimum Gasteiger partial charge on any atom is -0.298 e. The van der Waals surface area contributed by atoms with E-state index in [1.165, 1.54) is 4.57 Å². The Labute approximate surface area is 169 Å². The highest BCUT2D eigenvalue weighted by Crippen LogP contribution is 2.23. The van der Waals surface area contributed by atoms with Crippen LogP contribution in [-0.4, -0.2) is 14.9 Å². The van der Waals surface area contributed by atoms with Crippen LogP contribution in [0.5, 0.6) is 0 Å². The fraction of sp³-hybridized carbons (Fsp3) is 0.217. The normalized spacial score (nSPS) is 11.0. The van der Waals surface area contributed by atoms with Gasteiger partial charge in [-0.3, -0.25) is 13.9 Å². The third-order valence-electron chi connectivity index (χ3n) is 4.48. The standard InChI is InChI=1S/C23H23ClN2O2/c1-4-17-8-10-20(11-9-17)25-15-22(18-6-5-7-19(24)13-18)26(23(25)28)14-21(27)12-16(2)3/h4-11,13,15-16H,1,12,14H2,2-3H3. The molecule has 0 atom stereocenters. The van der Waals surface area contributed by atoms with Crippen LogP contribution in [0, 0.1) is 5.92 Å². The van der Waals surface area contributed by atoms with E-state index in [4.69, 9.17) is 11.6 Å². The Morgan fingerprint density at radius 1 is 1.18 bits per heavy atom. The maximum atomic E-state index is 13.1. The zero-order chi connectivity index (χ0) is 20.3. The average Bonchev–Trinajstić information content (AvgIpc) is 2.98. The zero-order valence-electron chi connectivity index (χ0n) is 16.1. The van der Waals surface area contributed by atoms with Gasteiger partial charge in [0.1, 0.15) is 0 Å². The Kier molecular flexibility index (Phi) is 6.00. The molecule has 144 valence electrons. The fourth-order valence-electron chi connectivity index (χ4n) is 3.16. The molecule has 0 fully saturated rings. The van der Waals surface area contributed by atoms with Gasteiger partial charge in [0.05, 0.1) is 17.9 Å². The summed E-state index contributed by atoms with van der Waals surface area (Å²) in [6, 6.07) is 14.8. The number of carbonyl (C=O) groups is 1. The Hall–Kier alpha value is -2.85. The van der Waals surface area contributed by atoms with Crippen LogP contribution in [0.25, 0.3) is 23.0 Å². The van der Waals surface area contributed by atoms with Gasteiger partial charge in [0.2, 0.25) is 0 Å². The van der Waals surface area contributed by atoms with Crippen molar-refractivity contribution in [3.8, 4) is 16.9 Å². The molecule has 5 heteroatoms. The lowest BCUT2D eigenvalue weighted by Gasteiger charge is -2.08. The summed E-state index contributed by atoms with van der Waals surface area (Å²) in [7, 11) is 0. The number of hydrogen-bond donors (Lipinski definition) is 0. The lowest BCUT2D eigenvalue weighted by Crippen LogP contribution is -2.27. The highest BCUT2D eigenvalue weighted by Gasteiger charge is 2.17. The number of benzene rings is 2. The van der Waals surface area contributed by atoms with E-state index in [-0.39, 0.29) is 23.9 Å². The maximum Gasteiger partial charge on any atom is 0.333 e. The number of ketones is 1. The van der Waals surface area contributed by atoms with Crippen molar-refractivity contribution in [2.24, 2.45) is 5.92 Å². The molecule has 0 amide bonds. The molecule has 28 heavy (non-hydrogen) atoms. The second kappa shape index (κ2) is 8.44. The molecule has 0 saturated carbocycles. The molecule has 0 N–H and O–H groups in total. The lowest BCUT2D eigenvalue weighted by molar-refractivity contribution is -0.120. The van der Waals surface area contributed by atoms with E-state index in [1.807, 2.05) is 50.2 Å². The van der Waals surface area contributed by atoms with Gasteiger partial charge < -0.3 is 0 Å². The molecule has 0 aliphatic rings. The Balaban J connectivity index is 2.12. The first-order valence-corrected chi connectivity index (χ1v) is 9.59. The van der Waals surface area contributed by atoms with Crippen LogP contribution in [0.2, 0.25) is 5.02 Å². The van der Waals surface area contributed by atoms with Gasteiger partial charge in [-0.25, -0.2) is 4.79 Å². The molecule has 0 radical (unpaired) electrons. The van der Waals surface area contributed by atoms with E-state index in [0.717, 1.165) is 16.8 Å². The maximum absolute atomic E-state index is 13.1. The molecule has 0 unspecified atom stereocenters. The van der Waals surface area contributed by atoms with Gasteiger partial charge in [-0.1, -0.05) is 62.4 Å². The fourth-order valence-corrected chi connectivity index (χ4v) is 3.35. The van der Waals surface area contributed by atoms with Gasteiger partial charge in [0.15, 0.2) is 5.78 Å². The summed E-state index contributed by atoms with van der Waals surface area (Å²) in [4.78, 5) is 25.6. The third-order valence-corrected chi connectivity index (χ3v) is 4.71. The third kappa shape index (κ3) is 4.34. The summed E-state index contributed by atoms with van der Waals surface area (Å²) < 4.78 is 3.09. The average molecular weight is 395 g/mol. The summed E-state index contributed by atoms with van der Waals surface area (Å²) in [5.41, 5.74) is 2.91. The molecule has 2 aromatic carbocycles. The van der Waals surface area contributed by atoms with Gasteiger partial charge in [-0.15, -0.1) is 0 Å². The number of nitrogens with zero attached hydrogens (tertiary/aromatic N) is 2. The molecule has 0 spiro atoms. The van der Waals surface area contributed by atoms with Gasteiger partial charge in [-0.05, 0) is 35.7 Å². The van der Waals surface area contributed by atoms with Crippen LogP contribution >= 0.6 is 11.6 Å². The monoisotopic (exact) mass is 394 g/mol. The first-order chi connectivity index (χ1) is 13.4. The van der Waals surface area contributed by atoms with Crippen molar-refractivity contribution in [3.05, 3.63) is 82.4 Å². The van der Waals surface area contributed by atoms with Crippen molar-refractivity contribution in [1.29, 1.82) is 0 Å². The van der Waals surface area contributed by atoms with Crippen LogP contribution in [0.15, 0.2) is 66.1 Å². The van der Waals surface area contributed by atoms with Crippen molar-refractivity contribution in [1.82, 2.24) is 9.13 Å². The number of imidazole rings is 1. The molecule has 3 rings (SSSR count). The van der Waals surface area contributed by atoms with Gasteiger partial charge in [0, 0.05) is 23.2 Å². The minimum absolute atomic E-state index is 0.0279. The van der Waals surface area contributed by atoms with Crippen LogP contribution in [-0.2, 0) is 11.3 Å². The van der Waals surface area contributed by atoms with Crippen molar-refractivity contribution >= 4 is 23.5 Å². The smallest absolute Gasteiger partial charge is 0.298 e. The van der Waals surface area contributed by atoms with Gasteiger partial charge in [-0.2, -0.15) is 0 Å². The highest BCUT2D eigenvalue weighted by atomic mass is 35.5. The number of halogens is 1. The Morgan fingerprint density at radius 2 is 1.89 bits per heavy atom. The highest BCUT2D eigenvalue weighted by molar-refractivity contribution is 6.30. The Bertz CT molecular complexity index is 1060. The van der Waals surface area contributed by atoms with E-state index >= 15 is 0 Å². The van der Waals surface area contributed by atoms with E-state index in [1.54, 1.807) is 29.0 Å². The van der Waals surface area contributed by atoms with E-state index < -0.39 is 0 Å². The number of hydrogen-bond acceptors (Lipinski definition) is 2. The molecule has 4 nitrogen and oxygen atoms in total. The quantitative estimate of drug-likeness (QED) is 0.551. The topological polar surface area (TPSA) is 44.0 Å². The van der Waals surface area contributed by atoms with Crippen molar-refractivity contribution < 1.29 is 4.79 Å². The molecule has 0 aliphatic carbocycles. The molecule has 1 aromatic heterocycles. The molecule has 1 heterocycles. The lowest BCUT2D eigenvalue weighted by atomic mass is 10.1. The van der Waals surface area contributed by atoms with Gasteiger partial charge >= 0.3 is 5.69 Å². The molecule has 3 aromatic rings. The number of carbonyl (C=O) groups excluding carboxylic acids is 1. The summed E-state index contributed by atoms with van der Waals surface area (Å²) in [6.45, 7) is 7.77. The predicted molar refractivity (Wildman–Crippen MR) is 115 cm³/mol. The van der Waals surface area contributed by atoms with Crippen molar-refractivity contribution in [2.45, 2.75) is 26.8 Å². The van der Waals surface area contributed by atoms with E-state index in [0.29, 0.717) is 17.1 Å². The summed E-state index contributed by atoms with van der Waals surface area (Å²) in [5, 5.41) is 0.577. The van der Waals surface area contributed by atoms with Gasteiger partial charge in [0.25, 0.3) is 0 Å². The minimum atomic E-state index is -0.251. The van der Waals surface area contributed by atoms with Crippen LogP contribution < -0.4 is 5.69 Å². The van der Waals surface area contributed by atoms with Crippen molar-refractivity contribution in [2.75, 3.05) is 0 Å². The summed E-state index contributed by atoms with van der Waals surface area (Å²) >= 11 is 6.15. The number of Topliss-reactive ketones (excluding diaryl/α,β-unsaturated/α-hetero) is 1. The molecule has 0 aliphatic heterocycles. The summed E-state index contributed by atoms with van der Waals surface area (Å²) in [5.74, 6) is 0.270. The zero-order valence-corrected chi connectivity index (χ0v) is 16.8. The van der Waals surface area contributed by atoms with Crippen LogP contribution in [0.3, 0.4) is 0 Å². The second-order valence-corrected chi connectivity index (χ2v) is 7.63. The molecular weight excluding hydrogens is 372 g/mol. The van der Waals surface area contributed by atoms with E-state index in [2.05, 4.69) is 6.58 Å². The van der Waals surface area contributed by atoms with E-state index in [9.17, 15) is 9.59 Å². The van der Waals surface area contributed by atoms with Crippen LogP contribution in [0.1, 0.15) is 25.8 Å². The van der Waals surface area contributed by atoms with Crippen molar-refractivity contribution in [3.63, 3.8) is 0 Å². The SMILES string of the molecule is C=Cc1ccc(-n2cc(-c3cccc(Cl)c3)n(CC(=O)CC(C)C)c2=O)cc1. The largest absolute Gasteiger partial charge is 0.333 e. The molecular formula is C23H23ClN2O2. The number of aromatic nitrogens is 2. The molecule has 0 saturated heterocycles. The second-order valence-electron chi connectivity index (χ2n) is 7.20. The predicted octanol–water partition coefficient (Wildman–Crippen LogP) is 5.22. The first-order valence-electron chi connectivity index (χ1n) is 9.21. The number of rotatable bonds is 7.